The second-order valence-electron chi connectivity index (χ2n) is 7.20. The zero-order valence-corrected chi connectivity index (χ0v) is 15.8. The van der Waals surface area contributed by atoms with Gasteiger partial charge in [0.2, 0.25) is 5.91 Å². The van der Waals surface area contributed by atoms with Crippen LogP contribution in [0.25, 0.3) is 0 Å². The van der Waals surface area contributed by atoms with E-state index < -0.39 is 11.6 Å². The van der Waals surface area contributed by atoms with E-state index in [0.717, 1.165) is 36.9 Å². The molecule has 1 saturated heterocycles. The fraction of sp³-hybridized carbons (Fsp3) is 0.409. The largest absolute Gasteiger partial charge is 0.372 e. The van der Waals surface area contributed by atoms with E-state index >= 15 is 0 Å². The first kappa shape index (κ1) is 19.3. The monoisotopic (exact) mass is 372 g/mol. The van der Waals surface area contributed by atoms with Crippen LogP contribution in [0.2, 0.25) is 0 Å². The molecule has 1 amide bonds. The van der Waals surface area contributed by atoms with Crippen molar-refractivity contribution in [3.05, 3.63) is 65.2 Å². The molecule has 2 aromatic carbocycles. The minimum Gasteiger partial charge on any atom is -0.372 e. The number of hydrogen-bond donors (Lipinski definition) is 0. The van der Waals surface area contributed by atoms with E-state index in [9.17, 15) is 13.6 Å². The van der Waals surface area contributed by atoms with Crippen molar-refractivity contribution in [1.29, 1.82) is 0 Å². The number of aryl methyl sites for hydroxylation is 1. The van der Waals surface area contributed by atoms with Gasteiger partial charge in [0.1, 0.15) is 11.6 Å². The maximum Gasteiger partial charge on any atom is 0.222 e. The van der Waals surface area contributed by atoms with Crippen molar-refractivity contribution in [3.8, 4) is 0 Å². The smallest absolute Gasteiger partial charge is 0.222 e. The van der Waals surface area contributed by atoms with Gasteiger partial charge < -0.3 is 9.80 Å². The second kappa shape index (κ2) is 8.98. The summed E-state index contributed by atoms with van der Waals surface area (Å²) in [5, 5.41) is 0. The quantitative estimate of drug-likeness (QED) is 0.743. The lowest BCUT2D eigenvalue weighted by molar-refractivity contribution is -0.130. The Labute approximate surface area is 159 Å². The molecule has 2 aromatic rings. The Hall–Kier alpha value is -2.43. The predicted molar refractivity (Wildman–Crippen MR) is 104 cm³/mol. The van der Waals surface area contributed by atoms with Crippen molar-refractivity contribution in [3.63, 3.8) is 0 Å². The summed E-state index contributed by atoms with van der Waals surface area (Å²) in [7, 11) is 1.74. The van der Waals surface area contributed by atoms with Crippen molar-refractivity contribution in [1.82, 2.24) is 4.90 Å². The number of carbonyl (C=O) groups excluding carboxylic acids is 1. The Morgan fingerprint density at radius 3 is 2.44 bits per heavy atom. The van der Waals surface area contributed by atoms with Crippen LogP contribution >= 0.6 is 0 Å². The molecular formula is C22H26F2N2O. The Kier molecular flexibility index (Phi) is 6.43. The Bertz CT molecular complexity index is 770. The van der Waals surface area contributed by atoms with E-state index in [0.29, 0.717) is 6.54 Å². The maximum absolute atomic E-state index is 13.7. The lowest BCUT2D eigenvalue weighted by atomic mass is 10.1. The summed E-state index contributed by atoms with van der Waals surface area (Å²) in [4.78, 5) is 16.4. The molecule has 0 saturated carbocycles. The standard InChI is InChI=1S/C22H26F2N2O/c1-25(22(27)12-7-18-15-19(23)8-11-21(18)24)16-17-5-9-20(10-6-17)26-13-3-2-4-14-26/h5-6,8-11,15H,2-4,7,12-14,16H2,1H3. The van der Waals surface area contributed by atoms with Gasteiger partial charge in [-0.1, -0.05) is 12.1 Å². The SMILES string of the molecule is CN(Cc1ccc(N2CCCCC2)cc1)C(=O)CCc1cc(F)ccc1F. The molecular weight excluding hydrogens is 346 g/mol. The van der Waals surface area contributed by atoms with Crippen LogP contribution in [0.4, 0.5) is 14.5 Å². The number of carbonyl (C=O) groups is 1. The molecule has 0 aromatic heterocycles. The highest BCUT2D eigenvalue weighted by molar-refractivity contribution is 5.76. The average Bonchev–Trinajstić information content (AvgIpc) is 2.69. The van der Waals surface area contributed by atoms with Crippen molar-refractivity contribution in [2.45, 2.75) is 38.6 Å². The summed E-state index contributed by atoms with van der Waals surface area (Å²) in [6.07, 6.45) is 4.14. The minimum atomic E-state index is -0.485. The van der Waals surface area contributed by atoms with Gasteiger partial charge in [0, 0.05) is 38.8 Å². The van der Waals surface area contributed by atoms with Gasteiger partial charge in [0.05, 0.1) is 0 Å². The van der Waals surface area contributed by atoms with Gasteiger partial charge in [-0.2, -0.15) is 0 Å². The molecule has 0 radical (unpaired) electrons. The fourth-order valence-corrected chi connectivity index (χ4v) is 3.49. The molecule has 0 N–H and O–H groups in total. The molecule has 27 heavy (non-hydrogen) atoms. The van der Waals surface area contributed by atoms with Crippen molar-refractivity contribution >= 4 is 11.6 Å². The molecule has 0 bridgehead atoms. The van der Waals surface area contributed by atoms with Crippen molar-refractivity contribution in [2.75, 3.05) is 25.0 Å². The van der Waals surface area contributed by atoms with E-state index in [-0.39, 0.29) is 24.3 Å². The highest BCUT2D eigenvalue weighted by atomic mass is 19.1. The van der Waals surface area contributed by atoms with E-state index in [1.165, 1.54) is 24.9 Å². The molecule has 5 heteroatoms. The van der Waals surface area contributed by atoms with Crippen LogP contribution in [0.3, 0.4) is 0 Å². The summed E-state index contributed by atoms with van der Waals surface area (Å²) in [6.45, 7) is 2.72. The highest BCUT2D eigenvalue weighted by Gasteiger charge is 2.13. The van der Waals surface area contributed by atoms with Gasteiger partial charge in [0.15, 0.2) is 0 Å². The molecule has 3 nitrogen and oxygen atoms in total. The first-order chi connectivity index (χ1) is 13.0. The van der Waals surface area contributed by atoms with Gasteiger partial charge in [-0.3, -0.25) is 4.79 Å². The Balaban J connectivity index is 1.52. The summed E-state index contributed by atoms with van der Waals surface area (Å²) >= 11 is 0. The zero-order valence-electron chi connectivity index (χ0n) is 15.8. The van der Waals surface area contributed by atoms with Gasteiger partial charge in [0.25, 0.3) is 0 Å². The first-order valence-corrected chi connectivity index (χ1v) is 9.55. The zero-order chi connectivity index (χ0) is 19.2. The van der Waals surface area contributed by atoms with Crippen LogP contribution in [-0.2, 0) is 17.8 Å². The molecule has 1 heterocycles. The number of halogens is 2. The summed E-state index contributed by atoms with van der Waals surface area (Å²) < 4.78 is 26.9. The van der Waals surface area contributed by atoms with Crippen LogP contribution < -0.4 is 4.90 Å². The molecule has 0 spiro atoms. The summed E-state index contributed by atoms with van der Waals surface area (Å²) in [5.41, 5.74) is 2.53. The number of amides is 1. The van der Waals surface area contributed by atoms with Gasteiger partial charge in [-0.05, 0) is 67.1 Å². The summed E-state index contributed by atoms with van der Waals surface area (Å²) in [6, 6.07) is 11.7. The van der Waals surface area contributed by atoms with Gasteiger partial charge in [-0.15, -0.1) is 0 Å². The predicted octanol–water partition coefficient (Wildman–Crippen LogP) is 4.55. The summed E-state index contributed by atoms with van der Waals surface area (Å²) in [5.74, 6) is -1.04. The van der Waals surface area contributed by atoms with Crippen LogP contribution in [0, 0.1) is 11.6 Å². The van der Waals surface area contributed by atoms with Gasteiger partial charge >= 0.3 is 0 Å². The average molecular weight is 372 g/mol. The highest BCUT2D eigenvalue weighted by Crippen LogP contribution is 2.21. The fourth-order valence-electron chi connectivity index (χ4n) is 3.49. The number of hydrogen-bond acceptors (Lipinski definition) is 2. The third-order valence-corrected chi connectivity index (χ3v) is 5.12. The lowest BCUT2D eigenvalue weighted by Crippen LogP contribution is -2.29. The van der Waals surface area contributed by atoms with Crippen LogP contribution in [-0.4, -0.2) is 30.9 Å². The van der Waals surface area contributed by atoms with Crippen molar-refractivity contribution < 1.29 is 13.6 Å². The minimum absolute atomic E-state index is 0.0845. The van der Waals surface area contributed by atoms with Crippen LogP contribution in [0.15, 0.2) is 42.5 Å². The van der Waals surface area contributed by atoms with E-state index in [2.05, 4.69) is 29.2 Å². The Morgan fingerprint density at radius 2 is 1.74 bits per heavy atom. The number of piperidine rings is 1. The van der Waals surface area contributed by atoms with E-state index in [1.807, 2.05) is 0 Å². The first-order valence-electron chi connectivity index (χ1n) is 9.55. The molecule has 0 atom stereocenters. The molecule has 3 rings (SSSR count). The third kappa shape index (κ3) is 5.28. The molecule has 1 fully saturated rings. The van der Waals surface area contributed by atoms with E-state index in [4.69, 9.17) is 0 Å². The molecule has 0 aliphatic carbocycles. The van der Waals surface area contributed by atoms with E-state index in [1.54, 1.807) is 11.9 Å². The topological polar surface area (TPSA) is 23.6 Å². The number of rotatable bonds is 6. The normalized spacial score (nSPS) is 14.3. The van der Waals surface area contributed by atoms with Crippen LogP contribution in [0.5, 0.6) is 0 Å². The number of anilines is 1. The molecule has 0 unspecified atom stereocenters. The van der Waals surface area contributed by atoms with Crippen molar-refractivity contribution in [2.24, 2.45) is 0 Å². The Morgan fingerprint density at radius 1 is 1.04 bits per heavy atom. The molecule has 1 aliphatic rings. The maximum atomic E-state index is 13.7. The molecule has 1 aliphatic heterocycles. The van der Waals surface area contributed by atoms with Crippen LogP contribution in [0.1, 0.15) is 36.8 Å². The second-order valence-corrected chi connectivity index (χ2v) is 7.20. The third-order valence-electron chi connectivity index (χ3n) is 5.12. The number of nitrogens with zero attached hydrogens (tertiary/aromatic N) is 2. The van der Waals surface area contributed by atoms with Gasteiger partial charge in [-0.25, -0.2) is 8.78 Å². The molecule has 144 valence electrons. The number of benzene rings is 2. The lowest BCUT2D eigenvalue weighted by Gasteiger charge is -2.29.